The van der Waals surface area contributed by atoms with Crippen molar-refractivity contribution in [2.75, 3.05) is 14.1 Å². The number of nitrogens with zero attached hydrogens (tertiary/aromatic N) is 4. The number of hydrogen-bond donors (Lipinski definition) is 0. The Morgan fingerprint density at radius 3 is 2.76 bits per heavy atom. The third-order valence-electron chi connectivity index (χ3n) is 5.69. The van der Waals surface area contributed by atoms with E-state index in [0.29, 0.717) is 18.4 Å². The predicted molar refractivity (Wildman–Crippen MR) is 99.1 cm³/mol. The highest BCUT2D eigenvalue weighted by Gasteiger charge is 2.31. The Balaban J connectivity index is 1.60. The fourth-order valence-electron chi connectivity index (χ4n) is 4.28. The van der Waals surface area contributed by atoms with Crippen LogP contribution in [0.5, 0.6) is 5.88 Å². The van der Waals surface area contributed by atoms with E-state index in [-0.39, 0.29) is 6.10 Å². The number of thiophene rings is 1. The lowest BCUT2D eigenvalue weighted by molar-refractivity contribution is 0.108. The first kappa shape index (κ1) is 16.7. The minimum Gasteiger partial charge on any atom is -0.474 e. The van der Waals surface area contributed by atoms with E-state index in [0.717, 1.165) is 41.8 Å². The van der Waals surface area contributed by atoms with E-state index in [9.17, 15) is 0 Å². The van der Waals surface area contributed by atoms with Crippen molar-refractivity contribution >= 4 is 21.6 Å². The lowest BCUT2D eigenvalue weighted by Gasteiger charge is -2.32. The molecule has 4 rings (SSSR count). The number of rotatable bonds is 4. The highest BCUT2D eigenvalue weighted by molar-refractivity contribution is 7.19. The van der Waals surface area contributed by atoms with Gasteiger partial charge in [-0.15, -0.1) is 11.3 Å². The molecule has 2 aliphatic rings. The van der Waals surface area contributed by atoms with E-state index in [1.165, 1.54) is 23.3 Å². The normalized spacial score (nSPS) is 25.9. The molecule has 1 saturated carbocycles. The van der Waals surface area contributed by atoms with Gasteiger partial charge in [-0.05, 0) is 64.1 Å². The first-order valence-corrected chi connectivity index (χ1v) is 9.95. The maximum atomic E-state index is 9.15. The van der Waals surface area contributed by atoms with E-state index < -0.39 is 0 Å². The van der Waals surface area contributed by atoms with Crippen molar-refractivity contribution in [3.8, 4) is 11.9 Å². The van der Waals surface area contributed by atoms with E-state index in [2.05, 4.69) is 35.0 Å². The fraction of sp³-hybridized carbons (Fsp3) is 0.632. The molecule has 0 aromatic carbocycles. The van der Waals surface area contributed by atoms with Gasteiger partial charge in [0.05, 0.1) is 11.5 Å². The van der Waals surface area contributed by atoms with Gasteiger partial charge in [0.25, 0.3) is 0 Å². The van der Waals surface area contributed by atoms with Crippen molar-refractivity contribution in [3.05, 3.63) is 16.8 Å². The standard InChI is InChI=1S/C19H24N4OS/c1-23(2)13-4-6-14(7-5-13)24-18-17-16-12(9-10-20)3-8-15(16)25-19(17)22-11-21-18/h11-14H,3-9H2,1-2H3/t12?,13-,14-. The molecule has 2 aliphatic carbocycles. The molecule has 0 radical (unpaired) electrons. The van der Waals surface area contributed by atoms with Crippen LogP contribution in [-0.4, -0.2) is 41.1 Å². The molecule has 2 aromatic rings. The number of fused-ring (bicyclic) bond motifs is 3. The topological polar surface area (TPSA) is 62.0 Å². The Morgan fingerprint density at radius 2 is 2.04 bits per heavy atom. The van der Waals surface area contributed by atoms with Crippen LogP contribution in [0.2, 0.25) is 0 Å². The SMILES string of the molecule is CN(C)[C@H]1CC[C@H](Oc2ncnc3sc4c(c23)C(CC#N)CC4)CC1. The van der Waals surface area contributed by atoms with Gasteiger partial charge in [-0.1, -0.05) is 0 Å². The third kappa shape index (κ3) is 3.11. The second-order valence-corrected chi connectivity index (χ2v) is 8.49. The van der Waals surface area contributed by atoms with Crippen molar-refractivity contribution in [1.29, 1.82) is 5.26 Å². The number of aromatic nitrogens is 2. The summed E-state index contributed by atoms with van der Waals surface area (Å²) < 4.78 is 6.36. The molecule has 0 bridgehead atoms. The molecule has 0 spiro atoms. The number of ether oxygens (including phenoxy) is 1. The minimum atomic E-state index is 0.237. The van der Waals surface area contributed by atoms with Crippen LogP contribution >= 0.6 is 11.3 Å². The Morgan fingerprint density at radius 1 is 1.24 bits per heavy atom. The van der Waals surface area contributed by atoms with Crippen LogP contribution in [-0.2, 0) is 6.42 Å². The molecule has 0 saturated heterocycles. The van der Waals surface area contributed by atoms with E-state index in [1.807, 2.05) is 0 Å². The molecule has 132 valence electrons. The van der Waals surface area contributed by atoms with Crippen LogP contribution in [0.3, 0.4) is 0 Å². The van der Waals surface area contributed by atoms with Crippen LogP contribution in [0.1, 0.15) is 54.9 Å². The molecule has 2 aromatic heterocycles. The van der Waals surface area contributed by atoms with Gasteiger partial charge in [0.15, 0.2) is 0 Å². The molecular formula is C19H24N4OS. The van der Waals surface area contributed by atoms with Crippen molar-refractivity contribution < 1.29 is 4.74 Å². The predicted octanol–water partition coefficient (Wildman–Crippen LogP) is 3.89. The smallest absolute Gasteiger partial charge is 0.225 e. The summed E-state index contributed by atoms with van der Waals surface area (Å²) in [6.07, 6.45) is 9.03. The van der Waals surface area contributed by atoms with Gasteiger partial charge in [0, 0.05) is 17.3 Å². The summed E-state index contributed by atoms with van der Waals surface area (Å²) in [5.41, 5.74) is 1.29. The van der Waals surface area contributed by atoms with E-state index in [1.54, 1.807) is 17.7 Å². The average molecular weight is 356 g/mol. The highest BCUT2D eigenvalue weighted by Crippen LogP contribution is 2.47. The second kappa shape index (κ2) is 6.89. The maximum absolute atomic E-state index is 9.15. The third-order valence-corrected chi connectivity index (χ3v) is 6.86. The Hall–Kier alpha value is -1.71. The molecule has 0 aliphatic heterocycles. The molecule has 2 heterocycles. The molecule has 25 heavy (non-hydrogen) atoms. The summed E-state index contributed by atoms with van der Waals surface area (Å²) in [6, 6.07) is 3.00. The van der Waals surface area contributed by atoms with E-state index in [4.69, 9.17) is 10.00 Å². The van der Waals surface area contributed by atoms with Crippen LogP contribution in [0, 0.1) is 11.3 Å². The summed E-state index contributed by atoms with van der Waals surface area (Å²) in [4.78, 5) is 13.6. The molecular weight excluding hydrogens is 332 g/mol. The van der Waals surface area contributed by atoms with Crippen molar-refractivity contribution in [2.45, 2.75) is 63.0 Å². The van der Waals surface area contributed by atoms with Gasteiger partial charge in [-0.3, -0.25) is 0 Å². The zero-order valence-electron chi connectivity index (χ0n) is 14.9. The fourth-order valence-corrected chi connectivity index (χ4v) is 5.51. The van der Waals surface area contributed by atoms with Crippen LogP contribution in [0.15, 0.2) is 6.33 Å². The highest BCUT2D eigenvalue weighted by atomic mass is 32.1. The van der Waals surface area contributed by atoms with Crippen LogP contribution < -0.4 is 4.74 Å². The summed E-state index contributed by atoms with van der Waals surface area (Å²) in [6.45, 7) is 0. The lowest BCUT2D eigenvalue weighted by Crippen LogP contribution is -2.35. The molecule has 1 atom stereocenters. The van der Waals surface area contributed by atoms with Crippen molar-refractivity contribution in [3.63, 3.8) is 0 Å². The molecule has 6 heteroatoms. The Labute approximate surface area is 152 Å². The molecule has 0 N–H and O–H groups in total. The monoisotopic (exact) mass is 356 g/mol. The maximum Gasteiger partial charge on any atom is 0.225 e. The molecule has 1 fully saturated rings. The summed E-state index contributed by atoms with van der Waals surface area (Å²) in [5, 5.41) is 10.2. The Bertz CT molecular complexity index is 802. The molecule has 1 unspecified atom stereocenters. The van der Waals surface area contributed by atoms with Gasteiger partial charge in [-0.2, -0.15) is 5.26 Å². The van der Waals surface area contributed by atoms with Crippen LogP contribution in [0.25, 0.3) is 10.2 Å². The summed E-state index contributed by atoms with van der Waals surface area (Å²) >= 11 is 1.75. The van der Waals surface area contributed by atoms with Crippen molar-refractivity contribution in [2.24, 2.45) is 0 Å². The van der Waals surface area contributed by atoms with Crippen LogP contribution in [0.4, 0.5) is 0 Å². The Kier molecular flexibility index (Phi) is 4.61. The van der Waals surface area contributed by atoms with Gasteiger partial charge in [-0.25, -0.2) is 9.97 Å². The van der Waals surface area contributed by atoms with Gasteiger partial charge in [0.2, 0.25) is 5.88 Å². The average Bonchev–Trinajstić information content (AvgIpc) is 3.16. The summed E-state index contributed by atoms with van der Waals surface area (Å²) in [5.74, 6) is 1.05. The zero-order chi connectivity index (χ0) is 17.4. The minimum absolute atomic E-state index is 0.237. The second-order valence-electron chi connectivity index (χ2n) is 7.41. The van der Waals surface area contributed by atoms with Gasteiger partial charge in [0.1, 0.15) is 17.3 Å². The number of nitriles is 1. The molecule has 0 amide bonds. The first-order valence-electron chi connectivity index (χ1n) is 9.13. The quantitative estimate of drug-likeness (QED) is 0.832. The molecule has 5 nitrogen and oxygen atoms in total. The summed E-state index contributed by atoms with van der Waals surface area (Å²) in [7, 11) is 4.31. The largest absolute Gasteiger partial charge is 0.474 e. The van der Waals surface area contributed by atoms with E-state index >= 15 is 0 Å². The van der Waals surface area contributed by atoms with Gasteiger partial charge >= 0.3 is 0 Å². The number of aryl methyl sites for hydroxylation is 1. The lowest BCUT2D eigenvalue weighted by atomic mass is 9.92. The first-order chi connectivity index (χ1) is 12.2. The number of hydrogen-bond acceptors (Lipinski definition) is 6. The van der Waals surface area contributed by atoms with Gasteiger partial charge < -0.3 is 9.64 Å². The zero-order valence-corrected chi connectivity index (χ0v) is 15.7. The van der Waals surface area contributed by atoms with Crippen molar-refractivity contribution in [1.82, 2.24) is 14.9 Å².